The van der Waals surface area contributed by atoms with Gasteiger partial charge in [-0.05, 0) is 14.1 Å². The highest BCUT2D eigenvalue weighted by Gasteiger charge is 2.00. The molecule has 0 atom stereocenters. The molecule has 0 aliphatic heterocycles. The Bertz CT molecular complexity index is 229. The quantitative estimate of drug-likeness (QED) is 0.711. The number of aromatic nitrogens is 3. The third-order valence-corrected chi connectivity index (χ3v) is 1.69. The molecular weight excluding hydrogens is 152 g/mol. The zero-order valence-corrected chi connectivity index (χ0v) is 7.96. The predicted octanol–water partition coefficient (Wildman–Crippen LogP) is 0.471. The van der Waals surface area contributed by atoms with E-state index < -0.39 is 0 Å². The van der Waals surface area contributed by atoms with Gasteiger partial charge in [0.05, 0.1) is 0 Å². The fourth-order valence-electron chi connectivity index (χ4n) is 0.934. The van der Waals surface area contributed by atoms with Gasteiger partial charge in [0.15, 0.2) is 0 Å². The van der Waals surface area contributed by atoms with Gasteiger partial charge in [-0.1, -0.05) is 6.92 Å². The SMILES string of the molecule is CCc1n[nH]c(CCN(C)C)n1. The van der Waals surface area contributed by atoms with E-state index in [-0.39, 0.29) is 0 Å². The van der Waals surface area contributed by atoms with Gasteiger partial charge in [0.1, 0.15) is 11.6 Å². The lowest BCUT2D eigenvalue weighted by Gasteiger charge is -2.05. The maximum absolute atomic E-state index is 4.31. The third-order valence-electron chi connectivity index (χ3n) is 1.69. The van der Waals surface area contributed by atoms with Crippen LogP contribution in [0.5, 0.6) is 0 Å². The van der Waals surface area contributed by atoms with E-state index in [1.807, 2.05) is 0 Å². The van der Waals surface area contributed by atoms with Gasteiger partial charge in [-0.2, -0.15) is 5.10 Å². The molecule has 1 N–H and O–H groups in total. The average molecular weight is 168 g/mol. The molecule has 0 saturated heterocycles. The van der Waals surface area contributed by atoms with Crippen LogP contribution < -0.4 is 0 Å². The molecule has 1 aromatic heterocycles. The van der Waals surface area contributed by atoms with E-state index in [1.165, 1.54) is 0 Å². The highest BCUT2D eigenvalue weighted by Crippen LogP contribution is 1.94. The number of nitrogens with one attached hydrogen (secondary N) is 1. The normalized spacial score (nSPS) is 11.0. The van der Waals surface area contributed by atoms with Crippen LogP contribution >= 0.6 is 0 Å². The molecule has 4 heteroatoms. The molecular formula is C8H16N4. The fraction of sp³-hybridized carbons (Fsp3) is 0.750. The standard InChI is InChI=1S/C8H16N4/c1-4-7-9-8(11-10-7)5-6-12(2)3/h4-6H2,1-3H3,(H,9,10,11). The van der Waals surface area contributed by atoms with Crippen LogP contribution in [0, 0.1) is 0 Å². The van der Waals surface area contributed by atoms with E-state index in [0.29, 0.717) is 0 Å². The van der Waals surface area contributed by atoms with Gasteiger partial charge in [-0.3, -0.25) is 5.10 Å². The van der Waals surface area contributed by atoms with Crippen LogP contribution in [0.4, 0.5) is 0 Å². The summed E-state index contributed by atoms with van der Waals surface area (Å²) in [6, 6.07) is 0. The van der Waals surface area contributed by atoms with Crippen molar-refractivity contribution in [3.05, 3.63) is 11.6 Å². The minimum absolute atomic E-state index is 0.901. The van der Waals surface area contributed by atoms with Gasteiger partial charge in [-0.25, -0.2) is 4.98 Å². The topological polar surface area (TPSA) is 44.8 Å². The molecule has 4 nitrogen and oxygen atoms in total. The van der Waals surface area contributed by atoms with Crippen molar-refractivity contribution in [1.29, 1.82) is 0 Å². The molecule has 0 amide bonds. The highest BCUT2D eigenvalue weighted by atomic mass is 15.2. The molecule has 0 fully saturated rings. The maximum Gasteiger partial charge on any atom is 0.150 e. The smallest absolute Gasteiger partial charge is 0.150 e. The van der Waals surface area contributed by atoms with Gasteiger partial charge in [0, 0.05) is 19.4 Å². The van der Waals surface area contributed by atoms with Crippen molar-refractivity contribution in [1.82, 2.24) is 20.1 Å². The summed E-state index contributed by atoms with van der Waals surface area (Å²) in [5.41, 5.74) is 0. The first kappa shape index (κ1) is 9.19. The van der Waals surface area contributed by atoms with E-state index in [2.05, 4.69) is 41.1 Å². The van der Waals surface area contributed by atoms with E-state index >= 15 is 0 Å². The Kier molecular flexibility index (Phi) is 3.22. The molecule has 68 valence electrons. The molecule has 0 radical (unpaired) electrons. The van der Waals surface area contributed by atoms with Gasteiger partial charge < -0.3 is 4.90 Å². The third kappa shape index (κ3) is 2.62. The molecule has 12 heavy (non-hydrogen) atoms. The molecule has 1 aromatic rings. The van der Waals surface area contributed by atoms with Gasteiger partial charge in [-0.15, -0.1) is 0 Å². The Balaban J connectivity index is 2.41. The minimum atomic E-state index is 0.901. The molecule has 0 bridgehead atoms. The number of H-pyrrole nitrogens is 1. The van der Waals surface area contributed by atoms with Crippen molar-refractivity contribution in [2.24, 2.45) is 0 Å². The summed E-state index contributed by atoms with van der Waals surface area (Å²) < 4.78 is 0. The molecule has 1 heterocycles. The van der Waals surface area contributed by atoms with Gasteiger partial charge >= 0.3 is 0 Å². The van der Waals surface area contributed by atoms with Crippen LogP contribution in [0.3, 0.4) is 0 Å². The Morgan fingerprint density at radius 2 is 2.17 bits per heavy atom. The van der Waals surface area contributed by atoms with Crippen LogP contribution in [-0.4, -0.2) is 40.7 Å². The summed E-state index contributed by atoms with van der Waals surface area (Å²) in [6.07, 6.45) is 1.85. The zero-order chi connectivity index (χ0) is 8.97. The second kappa shape index (κ2) is 4.21. The summed E-state index contributed by atoms with van der Waals surface area (Å²) in [5, 5.41) is 6.98. The largest absolute Gasteiger partial charge is 0.309 e. The summed E-state index contributed by atoms with van der Waals surface area (Å²) in [7, 11) is 4.11. The first-order valence-electron chi connectivity index (χ1n) is 4.27. The number of likely N-dealkylation sites (N-methyl/N-ethyl adjacent to an activating group) is 1. The van der Waals surface area contributed by atoms with E-state index in [9.17, 15) is 0 Å². The molecule has 0 aliphatic carbocycles. The number of hydrogen-bond acceptors (Lipinski definition) is 3. The molecule has 0 spiro atoms. The Morgan fingerprint density at radius 3 is 2.67 bits per heavy atom. The number of aryl methyl sites for hydroxylation is 1. The maximum atomic E-state index is 4.31. The lowest BCUT2D eigenvalue weighted by molar-refractivity contribution is 0.409. The number of aromatic amines is 1. The van der Waals surface area contributed by atoms with Crippen LogP contribution in [-0.2, 0) is 12.8 Å². The summed E-state index contributed by atoms with van der Waals surface area (Å²) in [4.78, 5) is 6.44. The summed E-state index contributed by atoms with van der Waals surface area (Å²) in [5.74, 6) is 1.89. The number of rotatable bonds is 4. The number of nitrogens with zero attached hydrogens (tertiary/aromatic N) is 3. The average Bonchev–Trinajstić information content (AvgIpc) is 2.48. The van der Waals surface area contributed by atoms with E-state index in [4.69, 9.17) is 0 Å². The highest BCUT2D eigenvalue weighted by molar-refractivity contribution is 4.90. The first-order chi connectivity index (χ1) is 5.72. The van der Waals surface area contributed by atoms with Crippen molar-refractivity contribution >= 4 is 0 Å². The Hall–Kier alpha value is -0.900. The van der Waals surface area contributed by atoms with Crippen molar-refractivity contribution in [2.45, 2.75) is 19.8 Å². The van der Waals surface area contributed by atoms with Crippen LogP contribution in [0.2, 0.25) is 0 Å². The lowest BCUT2D eigenvalue weighted by atomic mass is 10.4. The first-order valence-corrected chi connectivity index (χ1v) is 4.27. The Labute approximate surface area is 73.0 Å². The van der Waals surface area contributed by atoms with Crippen LogP contribution in [0.25, 0.3) is 0 Å². The van der Waals surface area contributed by atoms with Crippen molar-refractivity contribution < 1.29 is 0 Å². The monoisotopic (exact) mass is 168 g/mol. The van der Waals surface area contributed by atoms with Gasteiger partial charge in [0.2, 0.25) is 0 Å². The number of hydrogen-bond donors (Lipinski definition) is 1. The summed E-state index contributed by atoms with van der Waals surface area (Å²) in [6.45, 7) is 3.07. The second-order valence-electron chi connectivity index (χ2n) is 3.11. The van der Waals surface area contributed by atoms with Gasteiger partial charge in [0.25, 0.3) is 0 Å². The molecule has 0 aromatic carbocycles. The van der Waals surface area contributed by atoms with Crippen molar-refractivity contribution in [2.75, 3.05) is 20.6 Å². The molecule has 0 aliphatic rings. The van der Waals surface area contributed by atoms with Crippen molar-refractivity contribution in [3.8, 4) is 0 Å². The van der Waals surface area contributed by atoms with E-state index in [0.717, 1.165) is 31.0 Å². The molecule has 0 unspecified atom stereocenters. The second-order valence-corrected chi connectivity index (χ2v) is 3.11. The zero-order valence-electron chi connectivity index (χ0n) is 7.96. The summed E-state index contributed by atoms with van der Waals surface area (Å²) >= 11 is 0. The lowest BCUT2D eigenvalue weighted by Crippen LogP contribution is -2.15. The van der Waals surface area contributed by atoms with Crippen molar-refractivity contribution in [3.63, 3.8) is 0 Å². The fourth-order valence-corrected chi connectivity index (χ4v) is 0.934. The van der Waals surface area contributed by atoms with Crippen LogP contribution in [0.1, 0.15) is 18.6 Å². The van der Waals surface area contributed by atoms with E-state index in [1.54, 1.807) is 0 Å². The predicted molar refractivity (Wildman–Crippen MR) is 48.0 cm³/mol. The van der Waals surface area contributed by atoms with Crippen LogP contribution in [0.15, 0.2) is 0 Å². The Morgan fingerprint density at radius 1 is 1.42 bits per heavy atom. The molecule has 0 saturated carbocycles. The minimum Gasteiger partial charge on any atom is -0.309 e. The molecule has 1 rings (SSSR count).